The van der Waals surface area contributed by atoms with Crippen molar-refractivity contribution < 1.29 is 24.2 Å². The number of benzene rings is 2. The number of carbonyl (C=O) groups is 2. The molecule has 2 aromatic rings. The summed E-state index contributed by atoms with van der Waals surface area (Å²) >= 11 is 3.75. The topological polar surface area (TPSA) is 79.3 Å². The van der Waals surface area contributed by atoms with Crippen LogP contribution in [0, 0.1) is 0 Å². The maximum atomic E-state index is 12.8. The number of methoxy groups -OCH3 is 1. The fraction of sp³-hybridized carbons (Fsp3) is 0.385. The second-order valence-corrected chi connectivity index (χ2v) is 10.2. The standard InChI is InChI=1S/C26H25BrN2O5/c1-33-20-13-19(27)18-14-28(10-11-29-24(31)16-4-2-3-5-17(16)25(29)32)9-8-26-7-6-15(30)12-21(26)34-23(20)22(18)26/h2-7,13,15,21,30H,8-12,14H2,1H3/t15-,21?,26?/m0/s1. The smallest absolute Gasteiger partial charge is 0.261 e. The molecule has 4 aliphatic rings. The van der Waals surface area contributed by atoms with Crippen molar-refractivity contribution in [2.24, 2.45) is 0 Å². The van der Waals surface area contributed by atoms with E-state index in [1.165, 1.54) is 4.90 Å². The van der Waals surface area contributed by atoms with E-state index >= 15 is 0 Å². The van der Waals surface area contributed by atoms with Gasteiger partial charge in [-0.1, -0.05) is 40.2 Å². The molecule has 3 heterocycles. The predicted molar refractivity (Wildman–Crippen MR) is 128 cm³/mol. The molecule has 8 heteroatoms. The van der Waals surface area contributed by atoms with E-state index in [1.54, 1.807) is 31.4 Å². The normalized spacial score (nSPS) is 27.2. The van der Waals surface area contributed by atoms with E-state index in [0.29, 0.717) is 42.9 Å². The average molecular weight is 525 g/mol. The minimum atomic E-state index is -0.531. The van der Waals surface area contributed by atoms with Crippen LogP contribution in [0.1, 0.15) is 44.7 Å². The van der Waals surface area contributed by atoms with Crippen LogP contribution >= 0.6 is 15.9 Å². The molecule has 0 radical (unpaired) electrons. The fourth-order valence-electron chi connectivity index (χ4n) is 5.89. The molecule has 1 aliphatic carbocycles. The van der Waals surface area contributed by atoms with Crippen LogP contribution in [-0.2, 0) is 12.0 Å². The zero-order chi connectivity index (χ0) is 23.6. The second kappa shape index (κ2) is 7.93. The van der Waals surface area contributed by atoms with E-state index < -0.39 is 6.10 Å². The Hall–Kier alpha value is -2.68. The molecule has 6 rings (SSSR count). The van der Waals surface area contributed by atoms with Gasteiger partial charge in [-0.25, -0.2) is 0 Å². The number of hydrogen-bond donors (Lipinski definition) is 1. The monoisotopic (exact) mass is 524 g/mol. The van der Waals surface area contributed by atoms with Crippen molar-refractivity contribution in [3.05, 3.63) is 69.2 Å². The third-order valence-corrected chi connectivity index (χ3v) is 8.34. The van der Waals surface area contributed by atoms with Crippen molar-refractivity contribution in [1.29, 1.82) is 0 Å². The van der Waals surface area contributed by atoms with E-state index in [2.05, 4.69) is 26.9 Å². The maximum absolute atomic E-state index is 12.8. The Morgan fingerprint density at radius 2 is 1.94 bits per heavy atom. The fourth-order valence-corrected chi connectivity index (χ4v) is 6.42. The van der Waals surface area contributed by atoms with Crippen molar-refractivity contribution in [1.82, 2.24) is 9.80 Å². The molecule has 176 valence electrons. The molecule has 0 aromatic heterocycles. The first-order valence-corrected chi connectivity index (χ1v) is 12.3. The van der Waals surface area contributed by atoms with Crippen molar-refractivity contribution in [2.75, 3.05) is 26.7 Å². The Bertz CT molecular complexity index is 1210. The highest BCUT2D eigenvalue weighted by atomic mass is 79.9. The number of rotatable bonds is 4. The summed E-state index contributed by atoms with van der Waals surface area (Å²) in [6.45, 7) is 2.34. The molecular formula is C26H25BrN2O5. The van der Waals surface area contributed by atoms with Crippen molar-refractivity contribution in [3.8, 4) is 11.5 Å². The summed E-state index contributed by atoms with van der Waals surface area (Å²) in [5.74, 6) is 0.993. The summed E-state index contributed by atoms with van der Waals surface area (Å²) in [6.07, 6.45) is 4.63. The van der Waals surface area contributed by atoms with Crippen LogP contribution in [0.3, 0.4) is 0 Å². The van der Waals surface area contributed by atoms with E-state index in [-0.39, 0.29) is 23.3 Å². The van der Waals surface area contributed by atoms with Crippen LogP contribution in [0.2, 0.25) is 0 Å². The summed E-state index contributed by atoms with van der Waals surface area (Å²) in [5, 5.41) is 10.3. The highest BCUT2D eigenvalue weighted by molar-refractivity contribution is 9.10. The molecule has 2 amide bonds. The number of hydrogen-bond acceptors (Lipinski definition) is 6. The first kappa shape index (κ1) is 21.8. The quantitative estimate of drug-likeness (QED) is 0.488. The summed E-state index contributed by atoms with van der Waals surface area (Å²) in [7, 11) is 1.64. The highest BCUT2D eigenvalue weighted by Gasteiger charge is 2.53. The van der Waals surface area contributed by atoms with Crippen molar-refractivity contribution >= 4 is 27.7 Å². The molecule has 2 aromatic carbocycles. The zero-order valence-electron chi connectivity index (χ0n) is 18.8. The number of imide groups is 1. The lowest BCUT2D eigenvalue weighted by atomic mass is 9.69. The Morgan fingerprint density at radius 1 is 1.21 bits per heavy atom. The van der Waals surface area contributed by atoms with Crippen molar-refractivity contribution in [3.63, 3.8) is 0 Å². The van der Waals surface area contributed by atoms with Crippen LogP contribution < -0.4 is 9.47 Å². The Labute approximate surface area is 206 Å². The SMILES string of the molecule is COc1cc(Br)c2c3c1OC1C[C@@H](O)C=CC31CCN(CCN1C(=O)c3ccccc3C1=O)C2. The van der Waals surface area contributed by atoms with Gasteiger partial charge in [0.2, 0.25) is 0 Å². The van der Waals surface area contributed by atoms with Gasteiger partial charge in [0, 0.05) is 36.1 Å². The van der Waals surface area contributed by atoms with Crippen LogP contribution in [-0.4, -0.2) is 65.7 Å². The number of aliphatic hydroxyl groups is 1. The maximum Gasteiger partial charge on any atom is 0.261 e. The van der Waals surface area contributed by atoms with Crippen LogP contribution in [0.25, 0.3) is 0 Å². The lowest BCUT2D eigenvalue weighted by molar-refractivity contribution is 0.0628. The number of ether oxygens (including phenoxy) is 2. The van der Waals surface area contributed by atoms with Gasteiger partial charge in [-0.3, -0.25) is 19.4 Å². The van der Waals surface area contributed by atoms with Gasteiger partial charge >= 0.3 is 0 Å². The molecular weight excluding hydrogens is 500 g/mol. The van der Waals surface area contributed by atoms with Gasteiger partial charge in [0.05, 0.1) is 29.8 Å². The lowest BCUT2D eigenvalue weighted by Gasteiger charge is -2.36. The van der Waals surface area contributed by atoms with E-state index in [1.807, 2.05) is 12.1 Å². The molecule has 34 heavy (non-hydrogen) atoms. The van der Waals surface area contributed by atoms with Gasteiger partial charge in [-0.2, -0.15) is 0 Å². The molecule has 0 saturated carbocycles. The van der Waals surface area contributed by atoms with Crippen LogP contribution in [0.15, 0.2) is 47.0 Å². The zero-order valence-corrected chi connectivity index (χ0v) is 20.4. The van der Waals surface area contributed by atoms with Crippen LogP contribution in [0.4, 0.5) is 0 Å². The van der Waals surface area contributed by atoms with E-state index in [4.69, 9.17) is 9.47 Å². The number of carbonyl (C=O) groups excluding carboxylic acids is 2. The number of amides is 2. The van der Waals surface area contributed by atoms with E-state index in [0.717, 1.165) is 34.3 Å². The first-order chi connectivity index (χ1) is 16.4. The minimum Gasteiger partial charge on any atom is -0.493 e. The van der Waals surface area contributed by atoms with Gasteiger partial charge in [0.25, 0.3) is 11.8 Å². The predicted octanol–water partition coefficient (Wildman–Crippen LogP) is 3.28. The summed E-state index contributed by atoms with van der Waals surface area (Å²) < 4.78 is 13.0. The summed E-state index contributed by atoms with van der Waals surface area (Å²) in [5.41, 5.74) is 2.86. The van der Waals surface area contributed by atoms with Gasteiger partial charge < -0.3 is 14.6 Å². The van der Waals surface area contributed by atoms with Gasteiger partial charge in [0.15, 0.2) is 11.5 Å². The molecule has 0 fully saturated rings. The molecule has 3 aliphatic heterocycles. The first-order valence-electron chi connectivity index (χ1n) is 11.5. The molecule has 3 atom stereocenters. The van der Waals surface area contributed by atoms with Gasteiger partial charge in [0.1, 0.15) is 6.10 Å². The van der Waals surface area contributed by atoms with Gasteiger partial charge in [-0.15, -0.1) is 0 Å². The summed E-state index contributed by atoms with van der Waals surface area (Å²) in [6, 6.07) is 8.93. The molecule has 2 unspecified atom stereocenters. The van der Waals surface area contributed by atoms with E-state index in [9.17, 15) is 14.7 Å². The highest BCUT2D eigenvalue weighted by Crippen LogP contribution is 2.57. The lowest BCUT2D eigenvalue weighted by Crippen LogP contribution is -2.43. The molecule has 7 nitrogen and oxygen atoms in total. The molecule has 0 saturated heterocycles. The second-order valence-electron chi connectivity index (χ2n) is 9.39. The third-order valence-electron chi connectivity index (χ3n) is 7.63. The van der Waals surface area contributed by atoms with Crippen molar-refractivity contribution in [2.45, 2.75) is 37.0 Å². The Balaban J connectivity index is 1.31. The average Bonchev–Trinajstić information content (AvgIpc) is 3.21. The van der Waals surface area contributed by atoms with Crippen LogP contribution in [0.5, 0.6) is 11.5 Å². The largest absolute Gasteiger partial charge is 0.493 e. The van der Waals surface area contributed by atoms with Gasteiger partial charge in [-0.05, 0) is 36.7 Å². The molecule has 1 spiro atoms. The Kier molecular flexibility index (Phi) is 5.09. The third kappa shape index (κ3) is 3.08. The number of aliphatic hydroxyl groups excluding tert-OH is 1. The number of halogens is 1. The molecule has 0 bridgehead atoms. The number of nitrogens with zero attached hydrogens (tertiary/aromatic N) is 2. The minimum absolute atomic E-state index is 0.166. The Morgan fingerprint density at radius 3 is 2.65 bits per heavy atom. The summed E-state index contributed by atoms with van der Waals surface area (Å²) in [4.78, 5) is 29.3. The number of fused-ring (bicyclic) bond motifs is 1. The molecule has 1 N–H and O–H groups in total.